The number of carbonyl (C=O) groups is 2. The van der Waals surface area contributed by atoms with Crippen molar-refractivity contribution in [3.8, 4) is 0 Å². The molecule has 0 aliphatic heterocycles. The Hall–Kier alpha value is -2.08. The molecule has 0 unspecified atom stereocenters. The van der Waals surface area contributed by atoms with Gasteiger partial charge in [0.2, 0.25) is 5.91 Å². The highest BCUT2D eigenvalue weighted by Gasteiger charge is 2.04. The number of hydrogen-bond donors (Lipinski definition) is 3. The maximum atomic E-state index is 11.5. The molecule has 0 bridgehead atoms. The van der Waals surface area contributed by atoms with Gasteiger partial charge in [-0.2, -0.15) is 0 Å². The van der Waals surface area contributed by atoms with Gasteiger partial charge in [0.15, 0.2) is 0 Å². The first-order chi connectivity index (χ1) is 8.65. The highest BCUT2D eigenvalue weighted by atomic mass is 16.5. The number of rotatable bonds is 5. The molecule has 0 saturated heterocycles. The van der Waals surface area contributed by atoms with E-state index in [1.807, 2.05) is 0 Å². The first-order valence-electron chi connectivity index (χ1n) is 5.55. The molecule has 3 N–H and O–H groups in total. The van der Waals surface area contributed by atoms with Crippen molar-refractivity contribution >= 4 is 23.4 Å². The number of carbonyl (C=O) groups excluding carboxylic acids is 2. The van der Waals surface area contributed by atoms with E-state index >= 15 is 0 Å². The quantitative estimate of drug-likeness (QED) is 0.739. The zero-order chi connectivity index (χ0) is 13.4. The normalized spacial score (nSPS) is 9.67. The molecule has 1 aromatic carbocycles. The molecule has 1 rings (SSSR count). The fourth-order valence-electron chi connectivity index (χ4n) is 1.31. The van der Waals surface area contributed by atoms with Crippen LogP contribution < -0.4 is 16.0 Å². The first-order valence-corrected chi connectivity index (χ1v) is 5.55. The first kappa shape index (κ1) is 14.0. The van der Waals surface area contributed by atoms with Crippen LogP contribution >= 0.6 is 0 Å². The summed E-state index contributed by atoms with van der Waals surface area (Å²) in [7, 11) is 3.08. The van der Waals surface area contributed by atoms with Crippen LogP contribution in [0.15, 0.2) is 24.3 Å². The summed E-state index contributed by atoms with van der Waals surface area (Å²) in [5.41, 5.74) is 1.19. The fraction of sp³-hybridized carbons (Fsp3) is 0.333. The van der Waals surface area contributed by atoms with E-state index in [0.29, 0.717) is 24.3 Å². The van der Waals surface area contributed by atoms with Crippen molar-refractivity contribution in [1.29, 1.82) is 0 Å². The van der Waals surface area contributed by atoms with E-state index in [9.17, 15) is 9.59 Å². The number of ether oxygens (including phenoxy) is 1. The van der Waals surface area contributed by atoms with E-state index in [4.69, 9.17) is 0 Å². The second kappa shape index (κ2) is 7.29. The number of benzene rings is 1. The molecule has 0 radical (unpaired) electrons. The number of anilines is 2. The summed E-state index contributed by atoms with van der Waals surface area (Å²) in [6.45, 7) is 0.617. The van der Waals surface area contributed by atoms with Crippen LogP contribution in [0, 0.1) is 0 Å². The summed E-state index contributed by atoms with van der Waals surface area (Å²) >= 11 is 0. The molecule has 0 aliphatic carbocycles. The minimum Gasteiger partial charge on any atom is -0.453 e. The lowest BCUT2D eigenvalue weighted by Crippen LogP contribution is -2.18. The molecular weight excluding hydrogens is 234 g/mol. The average molecular weight is 251 g/mol. The zero-order valence-corrected chi connectivity index (χ0v) is 10.4. The summed E-state index contributed by atoms with van der Waals surface area (Å²) in [5, 5.41) is 8.16. The van der Waals surface area contributed by atoms with Gasteiger partial charge < -0.3 is 15.4 Å². The number of methoxy groups -OCH3 is 1. The van der Waals surface area contributed by atoms with Crippen LogP contribution in [0.25, 0.3) is 0 Å². The Morgan fingerprint density at radius 2 is 1.89 bits per heavy atom. The Labute approximate surface area is 106 Å². The molecule has 1 aromatic rings. The molecule has 18 heavy (non-hydrogen) atoms. The third kappa shape index (κ3) is 4.84. The predicted octanol–water partition coefficient (Wildman–Crippen LogP) is 1.41. The zero-order valence-electron chi connectivity index (χ0n) is 10.4. The molecular formula is C12H17N3O3. The van der Waals surface area contributed by atoms with Gasteiger partial charge in [0.25, 0.3) is 0 Å². The molecule has 6 heteroatoms. The maximum Gasteiger partial charge on any atom is 0.411 e. The molecule has 0 aromatic heterocycles. The molecule has 0 atom stereocenters. The fourth-order valence-corrected chi connectivity index (χ4v) is 1.31. The lowest BCUT2D eigenvalue weighted by molar-refractivity contribution is -0.116. The highest BCUT2D eigenvalue weighted by molar-refractivity contribution is 5.92. The smallest absolute Gasteiger partial charge is 0.411 e. The van der Waals surface area contributed by atoms with Crippen molar-refractivity contribution in [2.24, 2.45) is 0 Å². The molecule has 0 saturated carbocycles. The predicted molar refractivity (Wildman–Crippen MR) is 69.6 cm³/mol. The van der Waals surface area contributed by atoms with E-state index in [1.54, 1.807) is 31.3 Å². The van der Waals surface area contributed by atoms with E-state index in [0.717, 1.165) is 0 Å². The summed E-state index contributed by atoms with van der Waals surface area (Å²) in [4.78, 5) is 22.5. The third-order valence-corrected chi connectivity index (χ3v) is 2.18. The third-order valence-electron chi connectivity index (χ3n) is 2.18. The van der Waals surface area contributed by atoms with Crippen LogP contribution in [0.4, 0.5) is 16.2 Å². The minimum atomic E-state index is -0.548. The maximum absolute atomic E-state index is 11.5. The number of hydrogen-bond acceptors (Lipinski definition) is 4. The largest absolute Gasteiger partial charge is 0.453 e. The van der Waals surface area contributed by atoms with Gasteiger partial charge in [-0.05, 0) is 25.2 Å². The van der Waals surface area contributed by atoms with E-state index in [2.05, 4.69) is 20.7 Å². The van der Waals surface area contributed by atoms with Gasteiger partial charge in [-0.1, -0.05) is 6.07 Å². The van der Waals surface area contributed by atoms with E-state index in [-0.39, 0.29) is 5.91 Å². The Kier molecular flexibility index (Phi) is 5.66. The van der Waals surface area contributed by atoms with Crippen molar-refractivity contribution < 1.29 is 14.3 Å². The van der Waals surface area contributed by atoms with Gasteiger partial charge in [-0.3, -0.25) is 10.1 Å². The topological polar surface area (TPSA) is 79.5 Å². The molecule has 98 valence electrons. The number of amides is 2. The molecule has 0 heterocycles. The van der Waals surface area contributed by atoms with Crippen molar-refractivity contribution in [2.75, 3.05) is 31.3 Å². The number of nitrogens with one attached hydrogen (secondary N) is 3. The van der Waals surface area contributed by atoms with Crippen molar-refractivity contribution in [3.05, 3.63) is 24.3 Å². The van der Waals surface area contributed by atoms with Gasteiger partial charge >= 0.3 is 6.09 Å². The SMILES string of the molecule is CNCCC(=O)Nc1cccc(NC(=O)OC)c1. The standard InChI is InChI=1S/C12H17N3O3/c1-13-7-6-11(16)14-9-4-3-5-10(8-9)15-12(17)18-2/h3-5,8,13H,6-7H2,1-2H3,(H,14,16)(H,15,17). The minimum absolute atomic E-state index is 0.0837. The Balaban J connectivity index is 2.59. The van der Waals surface area contributed by atoms with Crippen LogP contribution in [0.2, 0.25) is 0 Å². The molecule has 0 aliphatic rings. The molecule has 0 spiro atoms. The van der Waals surface area contributed by atoms with Gasteiger partial charge in [-0.25, -0.2) is 4.79 Å². The summed E-state index contributed by atoms with van der Waals surface area (Å²) in [6.07, 6.45) is -0.154. The van der Waals surface area contributed by atoms with Crippen molar-refractivity contribution in [1.82, 2.24) is 5.32 Å². The van der Waals surface area contributed by atoms with Crippen molar-refractivity contribution in [2.45, 2.75) is 6.42 Å². The van der Waals surface area contributed by atoms with Crippen molar-refractivity contribution in [3.63, 3.8) is 0 Å². The van der Waals surface area contributed by atoms with Crippen LogP contribution in [0.3, 0.4) is 0 Å². The Morgan fingerprint density at radius 1 is 1.22 bits per heavy atom. The van der Waals surface area contributed by atoms with Gasteiger partial charge in [0.05, 0.1) is 7.11 Å². The second-order valence-electron chi connectivity index (χ2n) is 3.60. The molecule has 2 amide bonds. The van der Waals surface area contributed by atoms with Crippen LogP contribution in [-0.4, -0.2) is 32.7 Å². The van der Waals surface area contributed by atoms with Gasteiger partial charge in [0.1, 0.15) is 0 Å². The second-order valence-corrected chi connectivity index (χ2v) is 3.60. The summed E-state index contributed by atoms with van der Waals surface area (Å²) < 4.78 is 4.48. The van der Waals surface area contributed by atoms with E-state index in [1.165, 1.54) is 7.11 Å². The monoisotopic (exact) mass is 251 g/mol. The molecule has 0 fully saturated rings. The van der Waals surface area contributed by atoms with E-state index < -0.39 is 6.09 Å². The molecule has 6 nitrogen and oxygen atoms in total. The Bertz CT molecular complexity index is 421. The lowest BCUT2D eigenvalue weighted by atomic mass is 10.2. The van der Waals surface area contributed by atoms with Crippen LogP contribution in [0.1, 0.15) is 6.42 Å². The Morgan fingerprint density at radius 3 is 2.50 bits per heavy atom. The summed E-state index contributed by atoms with van der Waals surface area (Å²) in [5.74, 6) is -0.0837. The van der Waals surface area contributed by atoms with Crippen LogP contribution in [-0.2, 0) is 9.53 Å². The lowest BCUT2D eigenvalue weighted by Gasteiger charge is -2.08. The highest BCUT2D eigenvalue weighted by Crippen LogP contribution is 2.15. The average Bonchev–Trinajstić information content (AvgIpc) is 2.36. The van der Waals surface area contributed by atoms with Gasteiger partial charge in [-0.15, -0.1) is 0 Å². The van der Waals surface area contributed by atoms with Gasteiger partial charge in [0, 0.05) is 24.3 Å². The van der Waals surface area contributed by atoms with Crippen LogP contribution in [0.5, 0.6) is 0 Å². The summed E-state index contributed by atoms with van der Waals surface area (Å²) in [6, 6.07) is 6.85.